The fourth-order valence-electron chi connectivity index (χ4n) is 1.22. The molecule has 2 aromatic carbocycles. The van der Waals surface area contributed by atoms with Crippen molar-refractivity contribution < 1.29 is 0 Å². The number of rotatable bonds is 0. The van der Waals surface area contributed by atoms with Crippen LogP contribution in [0, 0.1) is 0 Å². The number of hydrogen-bond acceptors (Lipinski definition) is 0. The van der Waals surface area contributed by atoms with Gasteiger partial charge in [-0.2, -0.15) is 0 Å². The van der Waals surface area contributed by atoms with Crippen molar-refractivity contribution in [2.45, 2.75) is 4.90 Å². The highest BCUT2D eigenvalue weighted by Gasteiger charge is 2.01. The smallest absolute Gasteiger partial charge is 0.0641 e. The molecule has 1 radical (unpaired) electrons. The molecule has 0 nitrogen and oxygen atoms in total. The molecule has 2 heteroatoms. The third kappa shape index (κ3) is 1.15. The predicted molar refractivity (Wildman–Crippen MR) is 54.8 cm³/mol. The van der Waals surface area contributed by atoms with E-state index in [4.69, 9.17) is 24.2 Å². The summed E-state index contributed by atoms with van der Waals surface area (Å²) in [7, 11) is 0. The van der Waals surface area contributed by atoms with Crippen molar-refractivity contribution in [2.75, 3.05) is 0 Å². The van der Waals surface area contributed by atoms with Gasteiger partial charge in [-0.3, -0.25) is 0 Å². The van der Waals surface area contributed by atoms with Gasteiger partial charge < -0.3 is 0 Å². The van der Waals surface area contributed by atoms with E-state index in [9.17, 15) is 0 Å². The highest BCUT2D eigenvalue weighted by molar-refractivity contribution is 7.80. The van der Waals surface area contributed by atoms with Gasteiger partial charge in [0.15, 0.2) is 0 Å². The Morgan fingerprint density at radius 3 is 2.58 bits per heavy atom. The second-order valence-corrected chi connectivity index (χ2v) is 3.41. The van der Waals surface area contributed by atoms with Crippen molar-refractivity contribution in [3.63, 3.8) is 0 Å². The standard InChI is InChI=1S/C10H6ClS/c11-9-6-5-7-3-1-2-4-8(7)10(9)12/h1-6H. The molecule has 0 aliphatic carbocycles. The quantitative estimate of drug-likeness (QED) is 0.592. The van der Waals surface area contributed by atoms with Crippen molar-refractivity contribution >= 4 is 35.0 Å². The lowest BCUT2D eigenvalue weighted by molar-refractivity contribution is 1.56. The Bertz CT molecular complexity index is 423. The van der Waals surface area contributed by atoms with Crippen LogP contribution in [0.2, 0.25) is 5.02 Å². The summed E-state index contributed by atoms with van der Waals surface area (Å²) in [6.45, 7) is 0. The molecule has 0 saturated heterocycles. The van der Waals surface area contributed by atoms with Gasteiger partial charge in [0.25, 0.3) is 0 Å². The molecule has 0 saturated carbocycles. The third-order valence-electron chi connectivity index (χ3n) is 1.83. The maximum atomic E-state index is 5.88. The molecule has 0 heterocycles. The molecule has 0 bridgehead atoms. The van der Waals surface area contributed by atoms with Gasteiger partial charge in [0.1, 0.15) is 0 Å². The van der Waals surface area contributed by atoms with Crippen LogP contribution in [0.5, 0.6) is 0 Å². The van der Waals surface area contributed by atoms with Gasteiger partial charge in [-0.05, 0) is 11.5 Å². The Labute approximate surface area is 81.6 Å². The molecule has 0 aromatic heterocycles. The topological polar surface area (TPSA) is 0 Å². The second kappa shape index (κ2) is 2.92. The zero-order chi connectivity index (χ0) is 8.55. The summed E-state index contributed by atoms with van der Waals surface area (Å²) in [5.74, 6) is 0. The molecule has 12 heavy (non-hydrogen) atoms. The van der Waals surface area contributed by atoms with Crippen LogP contribution in [-0.4, -0.2) is 0 Å². The van der Waals surface area contributed by atoms with E-state index < -0.39 is 0 Å². The maximum absolute atomic E-state index is 5.88. The lowest BCUT2D eigenvalue weighted by atomic mass is 10.1. The van der Waals surface area contributed by atoms with E-state index >= 15 is 0 Å². The zero-order valence-corrected chi connectivity index (χ0v) is 7.82. The molecule has 2 aromatic rings. The van der Waals surface area contributed by atoms with E-state index in [0.29, 0.717) is 5.02 Å². The Morgan fingerprint density at radius 1 is 1.00 bits per heavy atom. The van der Waals surface area contributed by atoms with Crippen LogP contribution in [0.25, 0.3) is 10.8 Å². The number of benzene rings is 2. The molecule has 0 atom stereocenters. The van der Waals surface area contributed by atoms with Crippen LogP contribution in [-0.2, 0) is 0 Å². The molecular formula is C10H6ClS. The van der Waals surface area contributed by atoms with Gasteiger partial charge in [-0.25, -0.2) is 0 Å². The molecule has 2 rings (SSSR count). The molecular weight excluding hydrogens is 188 g/mol. The van der Waals surface area contributed by atoms with Crippen LogP contribution in [0.4, 0.5) is 0 Å². The van der Waals surface area contributed by atoms with Gasteiger partial charge in [0.2, 0.25) is 0 Å². The highest BCUT2D eigenvalue weighted by atomic mass is 35.5. The summed E-state index contributed by atoms with van der Waals surface area (Å²) >= 11 is 11.0. The average molecular weight is 194 g/mol. The monoisotopic (exact) mass is 193 g/mol. The lowest BCUT2D eigenvalue weighted by Gasteiger charge is -2.00. The third-order valence-corrected chi connectivity index (χ3v) is 2.70. The van der Waals surface area contributed by atoms with Crippen molar-refractivity contribution in [3.05, 3.63) is 41.4 Å². The van der Waals surface area contributed by atoms with Crippen molar-refractivity contribution in [2.24, 2.45) is 0 Å². The minimum atomic E-state index is 0.656. The Balaban J connectivity index is 2.91. The van der Waals surface area contributed by atoms with E-state index in [0.717, 1.165) is 15.7 Å². The van der Waals surface area contributed by atoms with E-state index in [2.05, 4.69) is 0 Å². The Kier molecular flexibility index (Phi) is 1.91. The van der Waals surface area contributed by atoms with Gasteiger partial charge in [0.05, 0.1) is 9.92 Å². The van der Waals surface area contributed by atoms with E-state index in [1.54, 1.807) is 0 Å². The molecule has 0 aliphatic rings. The fraction of sp³-hybridized carbons (Fsp3) is 0. The van der Waals surface area contributed by atoms with Gasteiger partial charge >= 0.3 is 0 Å². The van der Waals surface area contributed by atoms with Crippen LogP contribution in [0.1, 0.15) is 0 Å². The van der Waals surface area contributed by atoms with Crippen LogP contribution in [0.15, 0.2) is 41.3 Å². The summed E-state index contributed by atoms with van der Waals surface area (Å²) in [6, 6.07) is 11.8. The van der Waals surface area contributed by atoms with E-state index in [1.807, 2.05) is 36.4 Å². The zero-order valence-electron chi connectivity index (χ0n) is 6.25. The minimum Gasteiger partial charge on any atom is -0.0827 e. The average Bonchev–Trinajstić information content (AvgIpc) is 2.12. The van der Waals surface area contributed by atoms with Crippen molar-refractivity contribution in [3.8, 4) is 0 Å². The SMILES string of the molecule is [S]c1c(Cl)ccc2ccccc12. The normalized spacial score (nSPS) is 10.4. The summed E-state index contributed by atoms with van der Waals surface area (Å²) in [6.07, 6.45) is 0. The Hall–Kier alpha value is -0.790. The van der Waals surface area contributed by atoms with Crippen molar-refractivity contribution in [1.82, 2.24) is 0 Å². The molecule has 0 N–H and O–H groups in total. The molecule has 0 spiro atoms. The number of halogens is 1. The molecule has 0 aliphatic heterocycles. The first kappa shape index (κ1) is 7.84. The van der Waals surface area contributed by atoms with Gasteiger partial charge in [0, 0.05) is 5.39 Å². The van der Waals surface area contributed by atoms with E-state index in [-0.39, 0.29) is 0 Å². The van der Waals surface area contributed by atoms with Gasteiger partial charge in [-0.1, -0.05) is 54.6 Å². The lowest BCUT2D eigenvalue weighted by Crippen LogP contribution is -1.75. The molecule has 59 valence electrons. The van der Waals surface area contributed by atoms with Crippen LogP contribution in [0.3, 0.4) is 0 Å². The summed E-state index contributed by atoms with van der Waals surface area (Å²) in [5.41, 5.74) is 0. The van der Waals surface area contributed by atoms with Crippen molar-refractivity contribution in [1.29, 1.82) is 0 Å². The molecule has 0 unspecified atom stereocenters. The predicted octanol–water partition coefficient (Wildman–Crippen LogP) is 4.05. The minimum absolute atomic E-state index is 0.656. The van der Waals surface area contributed by atoms with E-state index in [1.165, 1.54) is 0 Å². The second-order valence-electron chi connectivity index (χ2n) is 2.60. The number of hydrogen-bond donors (Lipinski definition) is 0. The molecule has 0 amide bonds. The summed E-state index contributed by atoms with van der Waals surface area (Å²) in [5, 5.41) is 2.86. The largest absolute Gasteiger partial charge is 0.0827 e. The van der Waals surface area contributed by atoms with Gasteiger partial charge in [-0.15, -0.1) is 0 Å². The van der Waals surface area contributed by atoms with Crippen LogP contribution < -0.4 is 0 Å². The first-order valence-electron chi connectivity index (χ1n) is 3.63. The summed E-state index contributed by atoms with van der Waals surface area (Å²) < 4.78 is 0. The maximum Gasteiger partial charge on any atom is 0.0641 e. The summed E-state index contributed by atoms with van der Waals surface area (Å²) in [4.78, 5) is 0.745. The van der Waals surface area contributed by atoms with Crippen LogP contribution >= 0.6 is 24.2 Å². The molecule has 0 fully saturated rings. The highest BCUT2D eigenvalue weighted by Crippen LogP contribution is 2.28. The first-order valence-corrected chi connectivity index (χ1v) is 4.42. The Morgan fingerprint density at radius 2 is 1.75 bits per heavy atom. The fourth-order valence-corrected chi connectivity index (χ4v) is 1.64. The first-order chi connectivity index (χ1) is 5.79. The number of fused-ring (bicyclic) bond motifs is 1.